The molecule has 0 saturated carbocycles. The minimum atomic E-state index is -1.74. The van der Waals surface area contributed by atoms with Crippen LogP contribution in [-0.4, -0.2) is 16.9 Å². The molecule has 1 aromatic heterocycles. The van der Waals surface area contributed by atoms with Crippen molar-refractivity contribution < 1.29 is 14.3 Å². The van der Waals surface area contributed by atoms with E-state index in [-0.39, 0.29) is 17.0 Å². The summed E-state index contributed by atoms with van der Waals surface area (Å²) in [6.07, 6.45) is 0. The highest BCUT2D eigenvalue weighted by atomic mass is 35.6. The molecule has 0 saturated heterocycles. The van der Waals surface area contributed by atoms with Gasteiger partial charge in [-0.2, -0.15) is 0 Å². The first-order chi connectivity index (χ1) is 6.89. The van der Waals surface area contributed by atoms with Crippen LogP contribution in [0.15, 0.2) is 12.1 Å². The fraction of sp³-hybridized carbons (Fsp3) is 0.125. The van der Waals surface area contributed by atoms with E-state index in [2.05, 4.69) is 9.72 Å². The van der Waals surface area contributed by atoms with E-state index in [9.17, 15) is 9.59 Å². The van der Waals surface area contributed by atoms with Crippen LogP contribution in [0.25, 0.3) is 0 Å². The standard InChI is InChI=1S/C8H2Cl3NO3/c9-8(10,11)4-2-1-3-5(12-4)7(14)15-6(3)13/h1-2H. The molecule has 7 heteroatoms. The van der Waals surface area contributed by atoms with Crippen molar-refractivity contribution in [3.8, 4) is 0 Å². The van der Waals surface area contributed by atoms with Crippen molar-refractivity contribution in [2.75, 3.05) is 0 Å². The van der Waals surface area contributed by atoms with E-state index in [1.165, 1.54) is 12.1 Å². The molecule has 0 spiro atoms. The molecule has 0 radical (unpaired) electrons. The van der Waals surface area contributed by atoms with Crippen LogP contribution in [0, 0.1) is 0 Å². The van der Waals surface area contributed by atoms with Crippen molar-refractivity contribution in [3.05, 3.63) is 29.1 Å². The summed E-state index contributed by atoms with van der Waals surface area (Å²) in [7, 11) is 0. The van der Waals surface area contributed by atoms with Crippen LogP contribution in [0.4, 0.5) is 0 Å². The van der Waals surface area contributed by atoms with Gasteiger partial charge in [0.25, 0.3) is 0 Å². The molecule has 0 bridgehead atoms. The Bertz CT molecular complexity index is 467. The van der Waals surface area contributed by atoms with Gasteiger partial charge >= 0.3 is 11.9 Å². The summed E-state index contributed by atoms with van der Waals surface area (Å²) in [6, 6.07) is 2.69. The number of rotatable bonds is 0. The number of ether oxygens (including phenoxy) is 1. The minimum Gasteiger partial charge on any atom is -0.384 e. The molecule has 0 atom stereocenters. The molecule has 15 heavy (non-hydrogen) atoms. The number of cyclic esters (lactones) is 2. The fourth-order valence-electron chi connectivity index (χ4n) is 1.12. The van der Waals surface area contributed by atoms with E-state index >= 15 is 0 Å². The Balaban J connectivity index is 2.57. The van der Waals surface area contributed by atoms with Gasteiger partial charge in [0.1, 0.15) is 0 Å². The summed E-state index contributed by atoms with van der Waals surface area (Å²) >= 11 is 16.7. The van der Waals surface area contributed by atoms with Crippen molar-refractivity contribution >= 4 is 46.7 Å². The Morgan fingerprint density at radius 2 is 1.80 bits per heavy atom. The summed E-state index contributed by atoms with van der Waals surface area (Å²) in [5, 5.41) is 0. The van der Waals surface area contributed by atoms with E-state index in [4.69, 9.17) is 34.8 Å². The van der Waals surface area contributed by atoms with Gasteiger partial charge in [-0.3, -0.25) is 0 Å². The Morgan fingerprint density at radius 3 is 2.40 bits per heavy atom. The molecule has 0 N–H and O–H groups in total. The average molecular weight is 266 g/mol. The smallest absolute Gasteiger partial charge is 0.365 e. The first-order valence-electron chi connectivity index (χ1n) is 3.74. The lowest BCUT2D eigenvalue weighted by molar-refractivity contribution is 0.0441. The molecule has 0 amide bonds. The molecular formula is C8H2Cl3NO3. The Hall–Kier alpha value is -0.840. The highest BCUT2D eigenvalue weighted by molar-refractivity contribution is 6.66. The third kappa shape index (κ3) is 1.80. The third-order valence-corrected chi connectivity index (χ3v) is 2.37. The third-order valence-electron chi connectivity index (χ3n) is 1.78. The molecule has 0 aromatic carbocycles. The molecule has 2 heterocycles. The Morgan fingerprint density at radius 1 is 1.13 bits per heavy atom. The van der Waals surface area contributed by atoms with E-state index in [0.29, 0.717) is 0 Å². The first kappa shape index (κ1) is 10.7. The van der Waals surface area contributed by atoms with Crippen LogP contribution < -0.4 is 0 Å². The van der Waals surface area contributed by atoms with Crippen LogP contribution in [0.3, 0.4) is 0 Å². The molecule has 0 aliphatic carbocycles. The number of carbonyl (C=O) groups is 2. The molecular weight excluding hydrogens is 264 g/mol. The normalized spacial score (nSPS) is 15.1. The number of hydrogen-bond acceptors (Lipinski definition) is 4. The largest absolute Gasteiger partial charge is 0.384 e. The zero-order valence-corrected chi connectivity index (χ0v) is 9.23. The summed E-state index contributed by atoms with van der Waals surface area (Å²) in [5.74, 6) is -1.57. The number of hydrogen-bond donors (Lipinski definition) is 0. The lowest BCUT2D eigenvalue weighted by Gasteiger charge is -2.09. The molecule has 0 fully saturated rings. The topological polar surface area (TPSA) is 56.3 Å². The maximum atomic E-state index is 11.1. The number of fused-ring (bicyclic) bond motifs is 1. The van der Waals surface area contributed by atoms with Gasteiger partial charge in [0.2, 0.25) is 3.79 Å². The van der Waals surface area contributed by atoms with Crippen LogP contribution >= 0.6 is 34.8 Å². The second kappa shape index (κ2) is 3.33. The highest BCUT2D eigenvalue weighted by Gasteiger charge is 2.34. The van der Waals surface area contributed by atoms with Gasteiger partial charge in [0.05, 0.1) is 11.3 Å². The van der Waals surface area contributed by atoms with Crippen LogP contribution in [0.5, 0.6) is 0 Å². The Kier molecular flexibility index (Phi) is 2.37. The van der Waals surface area contributed by atoms with Gasteiger partial charge < -0.3 is 4.74 Å². The van der Waals surface area contributed by atoms with Gasteiger partial charge in [-0.05, 0) is 12.1 Å². The highest BCUT2D eigenvalue weighted by Crippen LogP contribution is 2.37. The number of pyridine rings is 1. The van der Waals surface area contributed by atoms with Gasteiger partial charge in [0.15, 0.2) is 5.69 Å². The van der Waals surface area contributed by atoms with Crippen LogP contribution in [-0.2, 0) is 8.53 Å². The van der Waals surface area contributed by atoms with E-state index < -0.39 is 15.7 Å². The fourth-order valence-corrected chi connectivity index (χ4v) is 1.44. The molecule has 1 aliphatic heterocycles. The van der Waals surface area contributed by atoms with Gasteiger partial charge in [-0.15, -0.1) is 0 Å². The summed E-state index contributed by atoms with van der Waals surface area (Å²) in [4.78, 5) is 25.9. The summed E-state index contributed by atoms with van der Waals surface area (Å²) in [6.45, 7) is 0. The molecule has 2 rings (SSSR count). The van der Waals surface area contributed by atoms with Gasteiger partial charge in [0, 0.05) is 0 Å². The maximum absolute atomic E-state index is 11.1. The zero-order valence-electron chi connectivity index (χ0n) is 6.96. The van der Waals surface area contributed by atoms with Gasteiger partial charge in [-0.25, -0.2) is 14.6 Å². The zero-order chi connectivity index (χ0) is 11.2. The van der Waals surface area contributed by atoms with Crippen LogP contribution in [0.2, 0.25) is 0 Å². The van der Waals surface area contributed by atoms with Crippen molar-refractivity contribution in [2.24, 2.45) is 0 Å². The molecule has 78 valence electrons. The number of carbonyl (C=O) groups excluding carboxylic acids is 2. The Labute approximate surface area is 99.1 Å². The molecule has 4 nitrogen and oxygen atoms in total. The van der Waals surface area contributed by atoms with Gasteiger partial charge in [-0.1, -0.05) is 34.8 Å². The minimum absolute atomic E-state index is 0.0675. The quantitative estimate of drug-likeness (QED) is 0.410. The predicted molar refractivity (Wildman–Crippen MR) is 53.2 cm³/mol. The van der Waals surface area contributed by atoms with E-state index in [1.807, 2.05) is 0 Å². The lowest BCUT2D eigenvalue weighted by Crippen LogP contribution is -2.07. The first-order valence-corrected chi connectivity index (χ1v) is 4.88. The van der Waals surface area contributed by atoms with E-state index in [1.54, 1.807) is 0 Å². The molecule has 1 aromatic rings. The number of alkyl halides is 3. The SMILES string of the molecule is O=C1OC(=O)c2nc(C(Cl)(Cl)Cl)ccc21. The van der Waals surface area contributed by atoms with Crippen molar-refractivity contribution in [1.29, 1.82) is 0 Å². The molecule has 1 aliphatic rings. The average Bonchev–Trinajstić information content (AvgIpc) is 2.41. The van der Waals surface area contributed by atoms with E-state index in [0.717, 1.165) is 0 Å². The number of nitrogens with zero attached hydrogens (tertiary/aromatic N) is 1. The maximum Gasteiger partial charge on any atom is 0.365 e. The predicted octanol–water partition coefficient (Wildman–Crippen LogP) is 2.22. The second-order valence-corrected chi connectivity index (χ2v) is 5.05. The summed E-state index contributed by atoms with van der Waals surface area (Å²) in [5.41, 5.74) is 0.0275. The second-order valence-electron chi connectivity index (χ2n) is 2.77. The van der Waals surface area contributed by atoms with Crippen molar-refractivity contribution in [3.63, 3.8) is 0 Å². The summed E-state index contributed by atoms with van der Waals surface area (Å²) < 4.78 is 2.59. The lowest BCUT2D eigenvalue weighted by atomic mass is 10.2. The molecule has 0 unspecified atom stereocenters. The van der Waals surface area contributed by atoms with Crippen LogP contribution in [0.1, 0.15) is 26.5 Å². The van der Waals surface area contributed by atoms with Crippen molar-refractivity contribution in [1.82, 2.24) is 4.98 Å². The number of aromatic nitrogens is 1. The van der Waals surface area contributed by atoms with Crippen molar-refractivity contribution in [2.45, 2.75) is 3.79 Å². The number of esters is 2. The monoisotopic (exact) mass is 265 g/mol. The number of halogens is 3.